The van der Waals surface area contributed by atoms with Gasteiger partial charge in [-0.1, -0.05) is 0 Å². The third-order valence-electron chi connectivity index (χ3n) is 3.03. The number of rotatable bonds is 5. The molecule has 0 unspecified atom stereocenters. The molecule has 0 saturated heterocycles. The van der Waals surface area contributed by atoms with Crippen LogP contribution in [0.5, 0.6) is 5.75 Å². The first-order chi connectivity index (χ1) is 12.0. The molecule has 0 fully saturated rings. The Morgan fingerprint density at radius 1 is 0.880 bits per heavy atom. The van der Waals surface area contributed by atoms with Crippen LogP contribution in [0.25, 0.3) is 0 Å². The number of hydrogen-bond donors (Lipinski definition) is 2. The van der Waals surface area contributed by atoms with Crippen LogP contribution in [0.2, 0.25) is 0 Å². The third-order valence-corrected chi connectivity index (χ3v) is 3.03. The predicted octanol–water partition coefficient (Wildman–Crippen LogP) is 3.43. The van der Waals surface area contributed by atoms with E-state index in [0.717, 1.165) is 0 Å². The normalized spacial score (nSPS) is 9.84. The van der Waals surface area contributed by atoms with Crippen LogP contribution in [0, 0.1) is 0 Å². The molecule has 25 heavy (non-hydrogen) atoms. The van der Waals surface area contributed by atoms with Crippen molar-refractivity contribution in [1.82, 2.24) is 0 Å². The molecule has 0 heterocycles. The van der Waals surface area contributed by atoms with Crippen LogP contribution < -0.4 is 15.4 Å². The van der Waals surface area contributed by atoms with E-state index in [0.29, 0.717) is 29.3 Å². The number of carbonyl (C=O) groups excluding carboxylic acids is 3. The lowest BCUT2D eigenvalue weighted by Crippen LogP contribution is -2.16. The number of anilines is 2. The first kappa shape index (κ1) is 18.0. The number of nitrogens with one attached hydrogen (secondary N) is 2. The lowest BCUT2D eigenvalue weighted by molar-refractivity contribution is -0.114. The van der Waals surface area contributed by atoms with Gasteiger partial charge in [0, 0.05) is 18.3 Å². The van der Waals surface area contributed by atoms with Gasteiger partial charge in [-0.25, -0.2) is 9.59 Å². The average Bonchev–Trinajstić information content (AvgIpc) is 2.57. The fourth-order valence-corrected chi connectivity index (χ4v) is 1.96. The SMILES string of the molecule is CCOC(=O)c1ccc(NC(=O)Oc2ccc(NC(C)=O)cc2)cc1. The third kappa shape index (κ3) is 5.65. The van der Waals surface area contributed by atoms with E-state index in [-0.39, 0.29) is 5.91 Å². The molecule has 0 bridgehead atoms. The van der Waals surface area contributed by atoms with Crippen LogP contribution in [0.15, 0.2) is 48.5 Å². The zero-order valence-electron chi connectivity index (χ0n) is 13.9. The minimum absolute atomic E-state index is 0.183. The topological polar surface area (TPSA) is 93.7 Å². The van der Waals surface area contributed by atoms with Crippen molar-refractivity contribution in [3.63, 3.8) is 0 Å². The van der Waals surface area contributed by atoms with Crippen LogP contribution in [0.3, 0.4) is 0 Å². The molecule has 0 aromatic heterocycles. The van der Waals surface area contributed by atoms with Crippen molar-refractivity contribution in [2.24, 2.45) is 0 Å². The molecule has 0 atom stereocenters. The average molecular weight is 342 g/mol. The number of hydrogen-bond acceptors (Lipinski definition) is 5. The maximum Gasteiger partial charge on any atom is 0.417 e. The molecule has 2 N–H and O–H groups in total. The van der Waals surface area contributed by atoms with Crippen molar-refractivity contribution >= 4 is 29.3 Å². The summed E-state index contributed by atoms with van der Waals surface area (Å²) in [6.07, 6.45) is -0.670. The first-order valence-electron chi connectivity index (χ1n) is 7.61. The second kappa shape index (κ2) is 8.49. The molecule has 0 aliphatic heterocycles. The van der Waals surface area contributed by atoms with E-state index in [1.807, 2.05) is 0 Å². The number of carbonyl (C=O) groups is 3. The van der Waals surface area contributed by atoms with Gasteiger partial charge in [-0.15, -0.1) is 0 Å². The molecule has 7 nitrogen and oxygen atoms in total. The van der Waals surface area contributed by atoms with Gasteiger partial charge >= 0.3 is 12.1 Å². The maximum absolute atomic E-state index is 11.9. The number of esters is 1. The van der Waals surface area contributed by atoms with E-state index in [1.165, 1.54) is 6.92 Å². The minimum atomic E-state index is -0.670. The van der Waals surface area contributed by atoms with E-state index < -0.39 is 12.1 Å². The van der Waals surface area contributed by atoms with Gasteiger partial charge in [-0.3, -0.25) is 10.1 Å². The fraction of sp³-hybridized carbons (Fsp3) is 0.167. The van der Waals surface area contributed by atoms with Crippen molar-refractivity contribution in [3.8, 4) is 5.75 Å². The van der Waals surface area contributed by atoms with Crippen LogP contribution in [-0.4, -0.2) is 24.6 Å². The molecule has 0 aliphatic carbocycles. The largest absolute Gasteiger partial charge is 0.462 e. The van der Waals surface area contributed by atoms with Crippen LogP contribution >= 0.6 is 0 Å². The lowest BCUT2D eigenvalue weighted by atomic mass is 10.2. The Bertz CT molecular complexity index is 754. The summed E-state index contributed by atoms with van der Waals surface area (Å²) < 4.78 is 10.0. The Morgan fingerprint density at radius 3 is 2.00 bits per heavy atom. The lowest BCUT2D eigenvalue weighted by Gasteiger charge is -2.08. The molecular weight excluding hydrogens is 324 g/mol. The number of benzene rings is 2. The summed E-state index contributed by atoms with van der Waals surface area (Å²) in [5.74, 6) is -0.275. The van der Waals surface area contributed by atoms with Gasteiger partial charge in [0.1, 0.15) is 5.75 Å². The highest BCUT2D eigenvalue weighted by Gasteiger charge is 2.08. The van der Waals surface area contributed by atoms with E-state index in [4.69, 9.17) is 9.47 Å². The van der Waals surface area contributed by atoms with Crippen molar-refractivity contribution in [2.75, 3.05) is 17.2 Å². The summed E-state index contributed by atoms with van der Waals surface area (Å²) in [6, 6.07) is 12.6. The number of amides is 2. The zero-order chi connectivity index (χ0) is 18.2. The summed E-state index contributed by atoms with van der Waals surface area (Å²) in [5, 5.41) is 5.17. The highest BCUT2D eigenvalue weighted by atomic mass is 16.6. The Balaban J connectivity index is 1.91. The highest BCUT2D eigenvalue weighted by Crippen LogP contribution is 2.17. The quantitative estimate of drug-likeness (QED) is 0.812. The maximum atomic E-state index is 11.9. The molecule has 2 aromatic rings. The minimum Gasteiger partial charge on any atom is -0.462 e. The van der Waals surface area contributed by atoms with Gasteiger partial charge in [0.2, 0.25) is 5.91 Å². The Morgan fingerprint density at radius 2 is 1.44 bits per heavy atom. The molecule has 2 amide bonds. The molecule has 0 spiro atoms. The first-order valence-corrected chi connectivity index (χ1v) is 7.61. The summed E-state index contributed by atoms with van der Waals surface area (Å²) in [7, 11) is 0. The summed E-state index contributed by atoms with van der Waals surface area (Å²) in [5.41, 5.74) is 1.48. The van der Waals surface area contributed by atoms with Gasteiger partial charge in [0.15, 0.2) is 0 Å². The smallest absolute Gasteiger partial charge is 0.417 e. The van der Waals surface area contributed by atoms with Gasteiger partial charge in [-0.05, 0) is 55.5 Å². The predicted molar refractivity (Wildman–Crippen MR) is 92.8 cm³/mol. The zero-order valence-corrected chi connectivity index (χ0v) is 13.9. The number of ether oxygens (including phenoxy) is 2. The molecule has 0 radical (unpaired) electrons. The van der Waals surface area contributed by atoms with E-state index in [9.17, 15) is 14.4 Å². The van der Waals surface area contributed by atoms with Gasteiger partial charge in [0.25, 0.3) is 0 Å². The molecule has 2 rings (SSSR count). The van der Waals surface area contributed by atoms with Crippen LogP contribution in [0.1, 0.15) is 24.2 Å². The second-order valence-corrected chi connectivity index (χ2v) is 5.02. The molecule has 0 saturated carbocycles. The highest BCUT2D eigenvalue weighted by molar-refractivity contribution is 5.91. The van der Waals surface area contributed by atoms with Crippen LogP contribution in [0.4, 0.5) is 16.2 Å². The molecule has 130 valence electrons. The summed E-state index contributed by atoms with van der Waals surface area (Å²) in [4.78, 5) is 34.4. The van der Waals surface area contributed by atoms with Crippen LogP contribution in [-0.2, 0) is 9.53 Å². The van der Waals surface area contributed by atoms with Crippen molar-refractivity contribution in [1.29, 1.82) is 0 Å². The monoisotopic (exact) mass is 342 g/mol. The van der Waals surface area contributed by atoms with Crippen molar-refractivity contribution in [2.45, 2.75) is 13.8 Å². The molecular formula is C18H18N2O5. The molecule has 0 aliphatic rings. The standard InChI is InChI=1S/C18H18N2O5/c1-3-24-17(22)13-4-6-15(7-5-13)20-18(23)25-16-10-8-14(9-11-16)19-12(2)21/h4-11H,3H2,1-2H3,(H,19,21)(H,20,23). The van der Waals surface area contributed by atoms with Crippen molar-refractivity contribution < 1.29 is 23.9 Å². The van der Waals surface area contributed by atoms with E-state index in [2.05, 4.69) is 10.6 Å². The second-order valence-electron chi connectivity index (χ2n) is 5.02. The van der Waals surface area contributed by atoms with Gasteiger partial charge in [0.05, 0.1) is 12.2 Å². The van der Waals surface area contributed by atoms with E-state index >= 15 is 0 Å². The van der Waals surface area contributed by atoms with E-state index in [1.54, 1.807) is 55.5 Å². The summed E-state index contributed by atoms with van der Waals surface area (Å²) in [6.45, 7) is 3.43. The van der Waals surface area contributed by atoms with Gasteiger partial charge in [-0.2, -0.15) is 0 Å². The Labute approximate surface area is 144 Å². The fourth-order valence-electron chi connectivity index (χ4n) is 1.96. The molecule has 2 aromatic carbocycles. The molecule has 7 heteroatoms. The summed E-state index contributed by atoms with van der Waals surface area (Å²) >= 11 is 0. The Hall–Kier alpha value is -3.35. The Kier molecular flexibility index (Phi) is 6.11. The van der Waals surface area contributed by atoms with Gasteiger partial charge < -0.3 is 14.8 Å². The van der Waals surface area contributed by atoms with Crippen molar-refractivity contribution in [3.05, 3.63) is 54.1 Å².